The summed E-state index contributed by atoms with van der Waals surface area (Å²) in [7, 11) is 0. The van der Waals surface area contributed by atoms with Crippen molar-refractivity contribution in [2.75, 3.05) is 29.6 Å². The number of ether oxygens (including phenoxy) is 1. The number of carbonyl (C=O) groups excluding carboxylic acids is 3. The molecule has 0 bridgehead atoms. The lowest BCUT2D eigenvalue weighted by molar-refractivity contribution is -0.151. The van der Waals surface area contributed by atoms with Crippen LogP contribution in [-0.2, 0) is 19.1 Å². The maximum atomic E-state index is 12.4. The standard InChI is InChI=1S/C22H24N2O4S/c1-14-7-8-19(15(2)9-14)23-20(25)13-28-22(27)16-10-21(26)24(12-16)17-5-4-6-18(11-17)29-3/h4-9,11,16H,10,12-13H2,1-3H3,(H,23,25)/t16-/m1/s1. The fraction of sp³-hybridized carbons (Fsp3) is 0.318. The summed E-state index contributed by atoms with van der Waals surface area (Å²) >= 11 is 1.59. The van der Waals surface area contributed by atoms with Gasteiger partial charge >= 0.3 is 5.97 Å². The van der Waals surface area contributed by atoms with Crippen molar-refractivity contribution in [2.24, 2.45) is 5.92 Å². The van der Waals surface area contributed by atoms with Crippen molar-refractivity contribution in [3.63, 3.8) is 0 Å². The summed E-state index contributed by atoms with van der Waals surface area (Å²) in [6.45, 7) is 3.76. The van der Waals surface area contributed by atoms with Gasteiger partial charge in [-0.2, -0.15) is 0 Å². The van der Waals surface area contributed by atoms with Gasteiger partial charge in [0.1, 0.15) is 0 Å². The fourth-order valence-corrected chi connectivity index (χ4v) is 3.74. The summed E-state index contributed by atoms with van der Waals surface area (Å²) in [6, 6.07) is 13.3. The Balaban J connectivity index is 1.54. The molecule has 6 nitrogen and oxygen atoms in total. The van der Waals surface area contributed by atoms with E-state index in [1.54, 1.807) is 16.7 Å². The van der Waals surface area contributed by atoms with E-state index in [0.717, 1.165) is 21.7 Å². The third-order valence-corrected chi connectivity index (χ3v) is 5.55. The van der Waals surface area contributed by atoms with E-state index >= 15 is 0 Å². The van der Waals surface area contributed by atoms with Crippen LogP contribution in [0.25, 0.3) is 0 Å². The van der Waals surface area contributed by atoms with Gasteiger partial charge in [-0.05, 0) is 49.9 Å². The van der Waals surface area contributed by atoms with Crippen LogP contribution >= 0.6 is 11.8 Å². The molecule has 1 N–H and O–H groups in total. The molecule has 152 valence electrons. The summed E-state index contributed by atoms with van der Waals surface area (Å²) in [4.78, 5) is 39.5. The molecule has 7 heteroatoms. The van der Waals surface area contributed by atoms with Gasteiger partial charge in [-0.25, -0.2) is 0 Å². The lowest BCUT2D eigenvalue weighted by Gasteiger charge is -2.17. The van der Waals surface area contributed by atoms with E-state index in [4.69, 9.17) is 4.74 Å². The van der Waals surface area contributed by atoms with Crippen LogP contribution in [-0.4, -0.2) is 37.2 Å². The highest BCUT2D eigenvalue weighted by Crippen LogP contribution is 2.28. The molecule has 2 aromatic carbocycles. The number of carbonyl (C=O) groups is 3. The van der Waals surface area contributed by atoms with E-state index in [1.807, 2.05) is 62.6 Å². The summed E-state index contributed by atoms with van der Waals surface area (Å²) in [6.07, 6.45) is 2.05. The van der Waals surface area contributed by atoms with Gasteiger partial charge in [-0.1, -0.05) is 23.8 Å². The summed E-state index contributed by atoms with van der Waals surface area (Å²) in [5, 5.41) is 2.74. The number of thioether (sulfide) groups is 1. The SMILES string of the molecule is CSc1cccc(N2C[C@H](C(=O)OCC(=O)Nc3ccc(C)cc3C)CC2=O)c1. The van der Waals surface area contributed by atoms with Crippen molar-refractivity contribution in [2.45, 2.75) is 25.2 Å². The number of amides is 2. The Morgan fingerprint density at radius 2 is 2.00 bits per heavy atom. The molecule has 29 heavy (non-hydrogen) atoms. The van der Waals surface area contributed by atoms with Gasteiger partial charge in [-0.3, -0.25) is 14.4 Å². The first kappa shape index (κ1) is 20.9. The van der Waals surface area contributed by atoms with E-state index in [0.29, 0.717) is 5.69 Å². The predicted molar refractivity (Wildman–Crippen MR) is 114 cm³/mol. The molecule has 0 aromatic heterocycles. The van der Waals surface area contributed by atoms with Gasteiger partial charge in [0.05, 0.1) is 5.92 Å². The predicted octanol–water partition coefficient (Wildman–Crippen LogP) is 3.56. The van der Waals surface area contributed by atoms with Crippen LogP contribution in [0.2, 0.25) is 0 Å². The highest BCUT2D eigenvalue weighted by atomic mass is 32.2. The summed E-state index contributed by atoms with van der Waals surface area (Å²) in [5.74, 6) is -1.63. The number of hydrogen-bond acceptors (Lipinski definition) is 5. The monoisotopic (exact) mass is 412 g/mol. The molecule has 2 aromatic rings. The molecule has 1 atom stereocenters. The maximum Gasteiger partial charge on any atom is 0.311 e. The van der Waals surface area contributed by atoms with E-state index < -0.39 is 17.8 Å². The Kier molecular flexibility index (Phi) is 6.59. The topological polar surface area (TPSA) is 75.7 Å². The largest absolute Gasteiger partial charge is 0.455 e. The molecule has 0 aliphatic carbocycles. The zero-order chi connectivity index (χ0) is 21.0. The highest BCUT2D eigenvalue weighted by Gasteiger charge is 2.36. The van der Waals surface area contributed by atoms with Gasteiger partial charge < -0.3 is 15.0 Å². The number of nitrogens with one attached hydrogen (secondary N) is 1. The van der Waals surface area contributed by atoms with Crippen LogP contribution in [0.5, 0.6) is 0 Å². The zero-order valence-corrected chi connectivity index (χ0v) is 17.5. The second-order valence-corrected chi connectivity index (χ2v) is 7.96. The maximum absolute atomic E-state index is 12.4. The van der Waals surface area contributed by atoms with Crippen LogP contribution in [0.1, 0.15) is 17.5 Å². The number of benzene rings is 2. The molecule has 1 fully saturated rings. The molecule has 0 unspecified atom stereocenters. The molecule has 1 aliphatic rings. The van der Waals surface area contributed by atoms with Crippen LogP contribution in [0.15, 0.2) is 47.4 Å². The second-order valence-electron chi connectivity index (χ2n) is 7.08. The van der Waals surface area contributed by atoms with Crippen molar-refractivity contribution in [1.82, 2.24) is 0 Å². The number of rotatable bonds is 6. The minimum absolute atomic E-state index is 0.0843. The third kappa shape index (κ3) is 5.17. The summed E-state index contributed by atoms with van der Waals surface area (Å²) in [5.41, 5.74) is 3.50. The van der Waals surface area contributed by atoms with Crippen molar-refractivity contribution in [3.05, 3.63) is 53.6 Å². The van der Waals surface area contributed by atoms with Crippen molar-refractivity contribution >= 4 is 40.9 Å². The van der Waals surface area contributed by atoms with Gasteiger partial charge in [0.25, 0.3) is 5.91 Å². The Labute approximate surface area is 174 Å². The number of anilines is 2. The molecule has 2 amide bonds. The lowest BCUT2D eigenvalue weighted by atomic mass is 10.1. The van der Waals surface area contributed by atoms with Gasteiger partial charge in [0.15, 0.2) is 6.61 Å². The Bertz CT molecular complexity index is 944. The molecule has 1 heterocycles. The van der Waals surface area contributed by atoms with E-state index in [2.05, 4.69) is 5.32 Å². The first-order chi connectivity index (χ1) is 13.9. The minimum atomic E-state index is -0.575. The van der Waals surface area contributed by atoms with Gasteiger partial charge in [-0.15, -0.1) is 11.8 Å². The molecule has 0 spiro atoms. The minimum Gasteiger partial charge on any atom is -0.455 e. The fourth-order valence-electron chi connectivity index (χ4n) is 3.29. The first-order valence-electron chi connectivity index (χ1n) is 9.35. The molecule has 3 rings (SSSR count). The average Bonchev–Trinajstić information content (AvgIpc) is 3.10. The average molecular weight is 413 g/mol. The van der Waals surface area contributed by atoms with Crippen LogP contribution in [0.4, 0.5) is 11.4 Å². The second kappa shape index (κ2) is 9.13. The van der Waals surface area contributed by atoms with Crippen LogP contribution in [0.3, 0.4) is 0 Å². The lowest BCUT2D eigenvalue weighted by Crippen LogP contribution is -2.28. The molecule has 0 radical (unpaired) electrons. The Hall–Kier alpha value is -2.80. The third-order valence-electron chi connectivity index (χ3n) is 4.82. The number of nitrogens with zero attached hydrogens (tertiary/aromatic N) is 1. The van der Waals surface area contributed by atoms with Crippen molar-refractivity contribution < 1.29 is 19.1 Å². The van der Waals surface area contributed by atoms with Gasteiger partial charge in [0, 0.05) is 29.2 Å². The molecule has 0 saturated carbocycles. The van der Waals surface area contributed by atoms with Crippen LogP contribution in [0, 0.1) is 19.8 Å². The van der Waals surface area contributed by atoms with E-state index in [9.17, 15) is 14.4 Å². The van der Waals surface area contributed by atoms with Crippen molar-refractivity contribution in [1.29, 1.82) is 0 Å². The first-order valence-corrected chi connectivity index (χ1v) is 10.6. The smallest absolute Gasteiger partial charge is 0.311 e. The zero-order valence-electron chi connectivity index (χ0n) is 16.7. The normalized spacial score (nSPS) is 16.0. The van der Waals surface area contributed by atoms with Gasteiger partial charge in [0.2, 0.25) is 5.91 Å². The Morgan fingerprint density at radius 3 is 2.72 bits per heavy atom. The number of aryl methyl sites for hydroxylation is 2. The van der Waals surface area contributed by atoms with Crippen molar-refractivity contribution in [3.8, 4) is 0 Å². The quantitative estimate of drug-likeness (QED) is 0.580. The number of esters is 1. The molecule has 1 aliphatic heterocycles. The highest BCUT2D eigenvalue weighted by molar-refractivity contribution is 7.98. The number of hydrogen-bond donors (Lipinski definition) is 1. The Morgan fingerprint density at radius 1 is 1.21 bits per heavy atom. The van der Waals surface area contributed by atoms with E-state index in [1.165, 1.54) is 0 Å². The van der Waals surface area contributed by atoms with Crippen LogP contribution < -0.4 is 10.2 Å². The molecular formula is C22H24N2O4S. The molecular weight excluding hydrogens is 388 g/mol. The van der Waals surface area contributed by atoms with E-state index in [-0.39, 0.29) is 25.5 Å². The molecule has 1 saturated heterocycles. The summed E-state index contributed by atoms with van der Waals surface area (Å²) < 4.78 is 5.17.